The number of rotatable bonds is 8. The number of aryl methyl sites for hydroxylation is 1. The number of hydrogen-bond donors (Lipinski definition) is 1. The fourth-order valence-electron chi connectivity index (χ4n) is 2.10. The first-order chi connectivity index (χ1) is 9.08. The molecule has 0 saturated carbocycles. The Morgan fingerprint density at radius 3 is 2.53 bits per heavy atom. The van der Waals surface area contributed by atoms with E-state index in [9.17, 15) is 0 Å². The van der Waals surface area contributed by atoms with E-state index in [2.05, 4.69) is 58.1 Å². The lowest BCUT2D eigenvalue weighted by Gasteiger charge is -2.20. The Morgan fingerprint density at radius 2 is 1.95 bits per heavy atom. The summed E-state index contributed by atoms with van der Waals surface area (Å²) in [6, 6.07) is 6.95. The molecule has 108 valence electrons. The molecule has 0 radical (unpaired) electrons. The summed E-state index contributed by atoms with van der Waals surface area (Å²) in [5.74, 6) is 1.55. The van der Waals surface area contributed by atoms with Gasteiger partial charge in [0.1, 0.15) is 12.4 Å². The normalized spacial score (nSPS) is 12.7. The van der Waals surface area contributed by atoms with Crippen molar-refractivity contribution in [1.82, 2.24) is 5.32 Å². The fraction of sp³-hybridized carbons (Fsp3) is 0.647. The van der Waals surface area contributed by atoms with Crippen molar-refractivity contribution in [3.63, 3.8) is 0 Å². The van der Waals surface area contributed by atoms with Gasteiger partial charge in [0.2, 0.25) is 0 Å². The maximum Gasteiger partial charge on any atom is 0.123 e. The van der Waals surface area contributed by atoms with Gasteiger partial charge >= 0.3 is 0 Å². The highest BCUT2D eigenvalue weighted by Crippen LogP contribution is 2.27. The molecule has 0 heterocycles. The lowest BCUT2D eigenvalue weighted by Crippen LogP contribution is -2.34. The van der Waals surface area contributed by atoms with Crippen LogP contribution in [-0.4, -0.2) is 19.2 Å². The minimum absolute atomic E-state index is 0.445. The van der Waals surface area contributed by atoms with E-state index in [1.54, 1.807) is 0 Å². The molecule has 0 aliphatic carbocycles. The maximum absolute atomic E-state index is 6.07. The third kappa shape index (κ3) is 5.23. The quantitative estimate of drug-likeness (QED) is 0.756. The summed E-state index contributed by atoms with van der Waals surface area (Å²) < 4.78 is 6.07. The van der Waals surface area contributed by atoms with E-state index < -0.39 is 0 Å². The monoisotopic (exact) mass is 263 g/mol. The molecular weight excluding hydrogens is 234 g/mol. The SMILES string of the molecule is CCCNC(CC)COc1cc(C)ccc1C(C)C. The van der Waals surface area contributed by atoms with Crippen LogP contribution >= 0.6 is 0 Å². The van der Waals surface area contributed by atoms with Crippen molar-refractivity contribution in [2.45, 2.75) is 59.4 Å². The van der Waals surface area contributed by atoms with Gasteiger partial charge in [0, 0.05) is 6.04 Å². The Hall–Kier alpha value is -1.02. The van der Waals surface area contributed by atoms with Gasteiger partial charge in [-0.05, 0) is 49.4 Å². The third-order valence-corrected chi connectivity index (χ3v) is 3.41. The predicted octanol–water partition coefficient (Wildman–Crippen LogP) is 4.28. The van der Waals surface area contributed by atoms with Gasteiger partial charge in [0.05, 0.1) is 0 Å². The summed E-state index contributed by atoms with van der Waals surface area (Å²) in [6.07, 6.45) is 2.26. The highest BCUT2D eigenvalue weighted by Gasteiger charge is 2.11. The zero-order valence-electron chi connectivity index (χ0n) is 13.1. The van der Waals surface area contributed by atoms with Gasteiger partial charge in [0.15, 0.2) is 0 Å². The summed E-state index contributed by atoms with van der Waals surface area (Å²) in [5.41, 5.74) is 2.56. The van der Waals surface area contributed by atoms with Crippen LogP contribution in [0.15, 0.2) is 18.2 Å². The molecule has 1 aromatic carbocycles. The molecule has 0 spiro atoms. The molecule has 19 heavy (non-hydrogen) atoms. The summed E-state index contributed by atoms with van der Waals surface area (Å²) in [4.78, 5) is 0. The Morgan fingerprint density at radius 1 is 1.21 bits per heavy atom. The van der Waals surface area contributed by atoms with Crippen molar-refractivity contribution in [3.8, 4) is 5.75 Å². The molecule has 0 bridgehead atoms. The van der Waals surface area contributed by atoms with Crippen molar-refractivity contribution in [1.29, 1.82) is 0 Å². The van der Waals surface area contributed by atoms with Crippen LogP contribution in [0.25, 0.3) is 0 Å². The lowest BCUT2D eigenvalue weighted by molar-refractivity contribution is 0.257. The summed E-state index contributed by atoms with van der Waals surface area (Å²) in [5, 5.41) is 3.53. The van der Waals surface area contributed by atoms with Crippen LogP contribution in [-0.2, 0) is 0 Å². The Balaban J connectivity index is 2.67. The van der Waals surface area contributed by atoms with Crippen LogP contribution in [0.5, 0.6) is 5.75 Å². The van der Waals surface area contributed by atoms with Gasteiger partial charge in [-0.1, -0.05) is 39.8 Å². The summed E-state index contributed by atoms with van der Waals surface area (Å²) in [6.45, 7) is 12.7. The van der Waals surface area contributed by atoms with Crippen molar-refractivity contribution in [2.75, 3.05) is 13.2 Å². The Labute approximate surface area is 118 Å². The number of hydrogen-bond acceptors (Lipinski definition) is 2. The van der Waals surface area contributed by atoms with Gasteiger partial charge in [-0.25, -0.2) is 0 Å². The van der Waals surface area contributed by atoms with E-state index in [0.717, 1.165) is 31.7 Å². The summed E-state index contributed by atoms with van der Waals surface area (Å²) >= 11 is 0. The van der Waals surface area contributed by atoms with Gasteiger partial charge in [-0.3, -0.25) is 0 Å². The van der Waals surface area contributed by atoms with Gasteiger partial charge in [-0.2, -0.15) is 0 Å². The molecule has 0 saturated heterocycles. The van der Waals surface area contributed by atoms with E-state index >= 15 is 0 Å². The molecule has 0 fully saturated rings. The Kier molecular flexibility index (Phi) is 6.93. The molecular formula is C17H29NO. The second-order valence-corrected chi connectivity index (χ2v) is 5.57. The highest BCUT2D eigenvalue weighted by atomic mass is 16.5. The minimum Gasteiger partial charge on any atom is -0.492 e. The molecule has 0 amide bonds. The van der Waals surface area contributed by atoms with Gasteiger partial charge < -0.3 is 10.1 Å². The van der Waals surface area contributed by atoms with Crippen LogP contribution in [0, 0.1) is 6.92 Å². The van der Waals surface area contributed by atoms with Crippen LogP contribution in [0.1, 0.15) is 57.6 Å². The average molecular weight is 263 g/mol. The van der Waals surface area contributed by atoms with Crippen LogP contribution in [0.3, 0.4) is 0 Å². The largest absolute Gasteiger partial charge is 0.492 e. The predicted molar refractivity (Wildman–Crippen MR) is 83.1 cm³/mol. The van der Waals surface area contributed by atoms with Crippen molar-refractivity contribution in [3.05, 3.63) is 29.3 Å². The van der Waals surface area contributed by atoms with Crippen LogP contribution in [0.2, 0.25) is 0 Å². The number of nitrogens with one attached hydrogen (secondary N) is 1. The minimum atomic E-state index is 0.445. The number of ether oxygens (including phenoxy) is 1. The highest BCUT2D eigenvalue weighted by molar-refractivity contribution is 5.39. The second kappa shape index (κ2) is 8.21. The fourth-order valence-corrected chi connectivity index (χ4v) is 2.10. The zero-order chi connectivity index (χ0) is 14.3. The van der Waals surface area contributed by atoms with Crippen molar-refractivity contribution in [2.24, 2.45) is 0 Å². The molecule has 1 aromatic rings. The first kappa shape index (κ1) is 16.0. The first-order valence-electron chi connectivity index (χ1n) is 7.55. The molecule has 2 nitrogen and oxygen atoms in total. The van der Waals surface area contributed by atoms with Crippen molar-refractivity contribution >= 4 is 0 Å². The molecule has 1 N–H and O–H groups in total. The summed E-state index contributed by atoms with van der Waals surface area (Å²) in [7, 11) is 0. The van der Waals surface area contributed by atoms with E-state index in [-0.39, 0.29) is 0 Å². The lowest BCUT2D eigenvalue weighted by atomic mass is 10.0. The molecule has 0 aliphatic rings. The van der Waals surface area contributed by atoms with E-state index in [4.69, 9.17) is 4.74 Å². The molecule has 2 heteroatoms. The molecule has 0 aliphatic heterocycles. The van der Waals surface area contributed by atoms with E-state index in [1.807, 2.05) is 0 Å². The topological polar surface area (TPSA) is 21.3 Å². The molecule has 1 rings (SSSR count). The number of benzene rings is 1. The maximum atomic E-state index is 6.07. The van der Waals surface area contributed by atoms with Crippen LogP contribution < -0.4 is 10.1 Å². The van der Waals surface area contributed by atoms with E-state index in [0.29, 0.717) is 12.0 Å². The Bertz CT molecular complexity index is 374. The second-order valence-electron chi connectivity index (χ2n) is 5.57. The molecule has 1 atom stereocenters. The standard InChI is InChI=1S/C17H29NO/c1-6-10-18-15(7-2)12-19-17-11-14(5)8-9-16(17)13(3)4/h8-9,11,13,15,18H,6-7,10,12H2,1-5H3. The van der Waals surface area contributed by atoms with E-state index in [1.165, 1.54) is 11.1 Å². The van der Waals surface area contributed by atoms with Crippen molar-refractivity contribution < 1.29 is 4.74 Å². The van der Waals surface area contributed by atoms with Gasteiger partial charge in [-0.15, -0.1) is 0 Å². The molecule has 1 unspecified atom stereocenters. The average Bonchev–Trinajstić information content (AvgIpc) is 2.38. The van der Waals surface area contributed by atoms with Crippen LogP contribution in [0.4, 0.5) is 0 Å². The third-order valence-electron chi connectivity index (χ3n) is 3.41. The molecule has 0 aromatic heterocycles. The smallest absolute Gasteiger partial charge is 0.123 e. The first-order valence-corrected chi connectivity index (χ1v) is 7.55. The van der Waals surface area contributed by atoms with Gasteiger partial charge in [0.25, 0.3) is 0 Å². The zero-order valence-corrected chi connectivity index (χ0v) is 13.1.